The van der Waals surface area contributed by atoms with Gasteiger partial charge in [-0.1, -0.05) is 36.4 Å². The first-order valence-electron chi connectivity index (χ1n) is 5.78. The van der Waals surface area contributed by atoms with Crippen molar-refractivity contribution in [3.05, 3.63) is 60.6 Å². The molecule has 1 N–H and O–H groups in total. The van der Waals surface area contributed by atoms with Gasteiger partial charge in [-0.05, 0) is 22.9 Å². The van der Waals surface area contributed by atoms with Gasteiger partial charge in [-0.25, -0.2) is 14.8 Å². The summed E-state index contributed by atoms with van der Waals surface area (Å²) >= 11 is 0. The molecule has 0 radical (unpaired) electrons. The van der Waals surface area contributed by atoms with Gasteiger partial charge in [0.15, 0.2) is 5.69 Å². The summed E-state index contributed by atoms with van der Waals surface area (Å²) in [7, 11) is 0. The second-order valence-electron chi connectivity index (χ2n) is 4.16. The summed E-state index contributed by atoms with van der Waals surface area (Å²) in [4.78, 5) is 18.7. The summed E-state index contributed by atoms with van der Waals surface area (Å²) in [5.74, 6) is -1.05. The molecular weight excluding hydrogens is 240 g/mol. The number of aromatic carboxylic acids is 1. The zero-order valence-corrected chi connectivity index (χ0v) is 9.95. The third-order valence-electron chi connectivity index (χ3n) is 2.93. The molecule has 19 heavy (non-hydrogen) atoms. The standard InChI is InChI=1S/C15H10N2O2/c18-15(19)14-8-13(16-9-17-14)12-6-5-10-3-1-2-4-11(10)7-12/h1-9H,(H,18,19). The number of hydrogen-bond acceptors (Lipinski definition) is 3. The normalized spacial score (nSPS) is 10.5. The molecule has 92 valence electrons. The molecule has 0 fully saturated rings. The maximum atomic E-state index is 10.9. The number of hydrogen-bond donors (Lipinski definition) is 1. The fourth-order valence-electron chi connectivity index (χ4n) is 1.98. The van der Waals surface area contributed by atoms with E-state index in [-0.39, 0.29) is 5.69 Å². The second-order valence-corrected chi connectivity index (χ2v) is 4.16. The lowest BCUT2D eigenvalue weighted by molar-refractivity contribution is 0.0690. The van der Waals surface area contributed by atoms with Crippen LogP contribution < -0.4 is 0 Å². The fourth-order valence-corrected chi connectivity index (χ4v) is 1.98. The highest BCUT2D eigenvalue weighted by atomic mass is 16.4. The van der Waals surface area contributed by atoms with Crippen LogP contribution in [0.25, 0.3) is 22.0 Å². The maximum Gasteiger partial charge on any atom is 0.354 e. The minimum Gasteiger partial charge on any atom is -0.477 e. The van der Waals surface area contributed by atoms with Gasteiger partial charge >= 0.3 is 5.97 Å². The Morgan fingerprint density at radius 2 is 1.74 bits per heavy atom. The topological polar surface area (TPSA) is 63.1 Å². The van der Waals surface area contributed by atoms with Gasteiger partial charge in [0.25, 0.3) is 0 Å². The van der Waals surface area contributed by atoms with Crippen LogP contribution in [0.15, 0.2) is 54.9 Å². The van der Waals surface area contributed by atoms with E-state index in [1.165, 1.54) is 12.4 Å². The summed E-state index contributed by atoms with van der Waals surface area (Å²) in [6, 6.07) is 15.4. The first-order chi connectivity index (χ1) is 9.24. The van der Waals surface area contributed by atoms with Crippen LogP contribution in [-0.2, 0) is 0 Å². The smallest absolute Gasteiger partial charge is 0.354 e. The van der Waals surface area contributed by atoms with Crippen molar-refractivity contribution in [2.24, 2.45) is 0 Å². The number of aromatic nitrogens is 2. The zero-order valence-electron chi connectivity index (χ0n) is 9.95. The van der Waals surface area contributed by atoms with Crippen LogP contribution in [0.5, 0.6) is 0 Å². The van der Waals surface area contributed by atoms with Gasteiger partial charge in [-0.3, -0.25) is 0 Å². The minimum atomic E-state index is -1.05. The third-order valence-corrected chi connectivity index (χ3v) is 2.93. The molecule has 2 aromatic carbocycles. The molecule has 3 rings (SSSR count). The second kappa shape index (κ2) is 4.49. The van der Waals surface area contributed by atoms with Crippen LogP contribution in [-0.4, -0.2) is 21.0 Å². The van der Waals surface area contributed by atoms with E-state index in [1.807, 2.05) is 42.5 Å². The quantitative estimate of drug-likeness (QED) is 0.759. The van der Waals surface area contributed by atoms with E-state index in [1.54, 1.807) is 0 Å². The molecule has 3 aromatic rings. The van der Waals surface area contributed by atoms with Crippen molar-refractivity contribution in [3.63, 3.8) is 0 Å². The molecule has 0 saturated carbocycles. The van der Waals surface area contributed by atoms with Gasteiger partial charge in [-0.2, -0.15) is 0 Å². The molecule has 4 heteroatoms. The van der Waals surface area contributed by atoms with Gasteiger partial charge < -0.3 is 5.11 Å². The number of benzene rings is 2. The lowest BCUT2D eigenvalue weighted by atomic mass is 10.0. The van der Waals surface area contributed by atoms with Gasteiger partial charge in [0.05, 0.1) is 5.69 Å². The van der Waals surface area contributed by atoms with E-state index in [0.717, 1.165) is 16.3 Å². The SMILES string of the molecule is O=C(O)c1cc(-c2ccc3ccccc3c2)ncn1. The van der Waals surface area contributed by atoms with E-state index in [4.69, 9.17) is 5.11 Å². The summed E-state index contributed by atoms with van der Waals surface area (Å²) in [6.45, 7) is 0. The lowest BCUT2D eigenvalue weighted by Crippen LogP contribution is -2.01. The number of fused-ring (bicyclic) bond motifs is 1. The van der Waals surface area contributed by atoms with E-state index < -0.39 is 5.97 Å². The average Bonchev–Trinajstić information content (AvgIpc) is 2.47. The summed E-state index contributed by atoms with van der Waals surface area (Å²) in [5.41, 5.74) is 1.49. The monoisotopic (exact) mass is 250 g/mol. The molecule has 1 aromatic heterocycles. The summed E-state index contributed by atoms with van der Waals surface area (Å²) in [5, 5.41) is 11.2. The maximum absolute atomic E-state index is 10.9. The molecule has 0 spiro atoms. The van der Waals surface area contributed by atoms with Crippen molar-refractivity contribution in [1.29, 1.82) is 0 Å². The number of carbonyl (C=O) groups is 1. The largest absolute Gasteiger partial charge is 0.477 e. The Morgan fingerprint density at radius 3 is 2.53 bits per heavy atom. The van der Waals surface area contributed by atoms with Gasteiger partial charge in [0, 0.05) is 5.56 Å². The number of carboxylic acid groups (broad SMARTS) is 1. The lowest BCUT2D eigenvalue weighted by Gasteiger charge is -2.03. The number of nitrogens with zero attached hydrogens (tertiary/aromatic N) is 2. The predicted molar refractivity (Wildman–Crippen MR) is 71.9 cm³/mol. The van der Waals surface area contributed by atoms with Crippen LogP contribution in [0.4, 0.5) is 0 Å². The van der Waals surface area contributed by atoms with Gasteiger partial charge in [-0.15, -0.1) is 0 Å². The molecule has 1 heterocycles. The summed E-state index contributed by atoms with van der Waals surface area (Å²) in [6.07, 6.45) is 1.27. The van der Waals surface area contributed by atoms with Gasteiger partial charge in [0.1, 0.15) is 6.33 Å². The Kier molecular flexibility index (Phi) is 2.68. The first-order valence-corrected chi connectivity index (χ1v) is 5.78. The fraction of sp³-hybridized carbons (Fsp3) is 0. The molecule has 0 aliphatic carbocycles. The molecule has 0 saturated heterocycles. The Hall–Kier alpha value is -2.75. The molecule has 4 nitrogen and oxygen atoms in total. The van der Waals surface area contributed by atoms with Crippen molar-refractivity contribution in [3.8, 4) is 11.3 Å². The van der Waals surface area contributed by atoms with E-state index in [9.17, 15) is 4.79 Å². The number of rotatable bonds is 2. The zero-order chi connectivity index (χ0) is 13.2. The number of carboxylic acids is 1. The van der Waals surface area contributed by atoms with Crippen LogP contribution in [0.1, 0.15) is 10.5 Å². The van der Waals surface area contributed by atoms with Crippen molar-refractivity contribution >= 4 is 16.7 Å². The molecule has 0 bridgehead atoms. The summed E-state index contributed by atoms with van der Waals surface area (Å²) < 4.78 is 0. The highest BCUT2D eigenvalue weighted by Gasteiger charge is 2.07. The van der Waals surface area contributed by atoms with E-state index in [2.05, 4.69) is 9.97 Å². The van der Waals surface area contributed by atoms with Crippen molar-refractivity contribution in [1.82, 2.24) is 9.97 Å². The average molecular weight is 250 g/mol. The Balaban J connectivity index is 2.13. The highest BCUT2D eigenvalue weighted by Crippen LogP contribution is 2.23. The molecule has 0 aliphatic heterocycles. The molecule has 0 unspecified atom stereocenters. The van der Waals surface area contributed by atoms with Crippen molar-refractivity contribution < 1.29 is 9.90 Å². The van der Waals surface area contributed by atoms with Crippen molar-refractivity contribution in [2.45, 2.75) is 0 Å². The third kappa shape index (κ3) is 2.15. The molecular formula is C15H10N2O2. The molecule has 0 aliphatic rings. The molecule has 0 amide bonds. The molecule has 0 atom stereocenters. The van der Waals surface area contributed by atoms with Crippen LogP contribution in [0.2, 0.25) is 0 Å². The predicted octanol–water partition coefficient (Wildman–Crippen LogP) is 3.00. The minimum absolute atomic E-state index is 0.00170. The Labute approximate surface area is 109 Å². The van der Waals surface area contributed by atoms with Crippen LogP contribution in [0, 0.1) is 0 Å². The van der Waals surface area contributed by atoms with E-state index in [0.29, 0.717) is 5.69 Å². The first kappa shape index (κ1) is 11.3. The van der Waals surface area contributed by atoms with Crippen molar-refractivity contribution in [2.75, 3.05) is 0 Å². The van der Waals surface area contributed by atoms with Crippen LogP contribution in [0.3, 0.4) is 0 Å². The highest BCUT2D eigenvalue weighted by molar-refractivity contribution is 5.89. The van der Waals surface area contributed by atoms with Crippen LogP contribution >= 0.6 is 0 Å². The Bertz CT molecular complexity index is 769. The van der Waals surface area contributed by atoms with Gasteiger partial charge in [0.2, 0.25) is 0 Å². The Morgan fingerprint density at radius 1 is 0.947 bits per heavy atom. The van der Waals surface area contributed by atoms with E-state index >= 15 is 0 Å².